The van der Waals surface area contributed by atoms with E-state index in [1.54, 1.807) is 7.11 Å². The number of ether oxygens (including phenoxy) is 1. The summed E-state index contributed by atoms with van der Waals surface area (Å²) in [7, 11) is 1.75. The quantitative estimate of drug-likeness (QED) is 0.664. The summed E-state index contributed by atoms with van der Waals surface area (Å²) in [5.41, 5.74) is 2.90. The van der Waals surface area contributed by atoms with Gasteiger partial charge in [0, 0.05) is 20.2 Å². The molecule has 1 aromatic carbocycles. The van der Waals surface area contributed by atoms with E-state index in [4.69, 9.17) is 4.74 Å². The smallest absolute Gasteiger partial charge is 0.0587 e. The van der Waals surface area contributed by atoms with Crippen LogP contribution in [0.25, 0.3) is 0 Å². The van der Waals surface area contributed by atoms with Crippen LogP contribution in [0.4, 0.5) is 0 Å². The lowest BCUT2D eigenvalue weighted by molar-refractivity contribution is 0.198. The first-order valence-corrected chi connectivity index (χ1v) is 8.43. The third kappa shape index (κ3) is 6.46. The molecular weight excluding hydrogens is 254 g/mol. The number of hydrogen-bond donors (Lipinski definition) is 1. The summed E-state index contributed by atoms with van der Waals surface area (Å²) in [6, 6.07) is 8.76. The van der Waals surface area contributed by atoms with Gasteiger partial charge in [-0.3, -0.25) is 0 Å². The van der Waals surface area contributed by atoms with E-state index in [1.807, 2.05) is 11.8 Å². The van der Waals surface area contributed by atoms with Gasteiger partial charge >= 0.3 is 0 Å². The van der Waals surface area contributed by atoms with Crippen molar-refractivity contribution in [3.8, 4) is 0 Å². The molecule has 0 fully saturated rings. The molecule has 19 heavy (non-hydrogen) atoms. The van der Waals surface area contributed by atoms with Crippen molar-refractivity contribution in [3.05, 3.63) is 35.4 Å². The summed E-state index contributed by atoms with van der Waals surface area (Å²) in [6.07, 6.45) is 4.72. The van der Waals surface area contributed by atoms with E-state index in [1.165, 1.54) is 29.7 Å². The lowest BCUT2D eigenvalue weighted by Gasteiger charge is -2.20. The third-order valence-electron chi connectivity index (χ3n) is 3.40. The SMILES string of the molecule is COCCNCC(CCCSC)c1ccccc1C. The maximum atomic E-state index is 5.09. The van der Waals surface area contributed by atoms with Crippen molar-refractivity contribution in [1.29, 1.82) is 0 Å². The van der Waals surface area contributed by atoms with E-state index < -0.39 is 0 Å². The maximum absolute atomic E-state index is 5.09. The normalized spacial score (nSPS) is 12.6. The van der Waals surface area contributed by atoms with Gasteiger partial charge in [0.25, 0.3) is 0 Å². The molecule has 0 aliphatic rings. The van der Waals surface area contributed by atoms with Crippen LogP contribution in [0.5, 0.6) is 0 Å². The zero-order valence-electron chi connectivity index (χ0n) is 12.4. The van der Waals surface area contributed by atoms with Crippen molar-refractivity contribution >= 4 is 11.8 Å². The van der Waals surface area contributed by atoms with Crippen molar-refractivity contribution in [1.82, 2.24) is 5.32 Å². The van der Waals surface area contributed by atoms with Gasteiger partial charge in [-0.2, -0.15) is 11.8 Å². The molecule has 1 atom stereocenters. The predicted octanol–water partition coefficient (Wildman–Crippen LogP) is 3.46. The van der Waals surface area contributed by atoms with Crippen LogP contribution in [-0.2, 0) is 4.74 Å². The van der Waals surface area contributed by atoms with Crippen molar-refractivity contribution < 1.29 is 4.74 Å². The van der Waals surface area contributed by atoms with Crippen LogP contribution in [0.2, 0.25) is 0 Å². The van der Waals surface area contributed by atoms with Gasteiger partial charge in [-0.15, -0.1) is 0 Å². The zero-order chi connectivity index (χ0) is 13.9. The molecule has 0 radical (unpaired) electrons. The first-order valence-electron chi connectivity index (χ1n) is 7.03. The Bertz CT molecular complexity index is 343. The van der Waals surface area contributed by atoms with E-state index in [0.29, 0.717) is 5.92 Å². The molecule has 3 heteroatoms. The highest BCUT2D eigenvalue weighted by atomic mass is 32.2. The Morgan fingerprint density at radius 3 is 2.79 bits per heavy atom. The van der Waals surface area contributed by atoms with Crippen LogP contribution in [-0.4, -0.2) is 38.8 Å². The predicted molar refractivity (Wildman–Crippen MR) is 86.3 cm³/mol. The summed E-state index contributed by atoms with van der Waals surface area (Å²) < 4.78 is 5.09. The fraction of sp³-hybridized carbons (Fsp3) is 0.625. The second kappa shape index (κ2) is 10.3. The van der Waals surface area contributed by atoms with Gasteiger partial charge in [0.15, 0.2) is 0 Å². The number of aryl methyl sites for hydroxylation is 1. The first-order chi connectivity index (χ1) is 9.29. The number of rotatable bonds is 10. The summed E-state index contributed by atoms with van der Waals surface area (Å²) in [5, 5.41) is 3.51. The first kappa shape index (κ1) is 16.5. The highest BCUT2D eigenvalue weighted by Crippen LogP contribution is 2.24. The number of hydrogen-bond acceptors (Lipinski definition) is 3. The van der Waals surface area contributed by atoms with Crippen molar-refractivity contribution in [2.45, 2.75) is 25.7 Å². The van der Waals surface area contributed by atoms with Crippen LogP contribution in [0.3, 0.4) is 0 Å². The fourth-order valence-corrected chi connectivity index (χ4v) is 2.79. The summed E-state index contributed by atoms with van der Waals surface area (Å²) in [4.78, 5) is 0. The average Bonchev–Trinajstić information content (AvgIpc) is 2.42. The van der Waals surface area contributed by atoms with Crippen LogP contribution in [0.1, 0.15) is 29.9 Å². The summed E-state index contributed by atoms with van der Waals surface area (Å²) >= 11 is 1.93. The Morgan fingerprint density at radius 1 is 1.32 bits per heavy atom. The molecule has 1 N–H and O–H groups in total. The van der Waals surface area contributed by atoms with Gasteiger partial charge in [0.2, 0.25) is 0 Å². The second-order valence-corrected chi connectivity index (χ2v) is 5.87. The maximum Gasteiger partial charge on any atom is 0.0587 e. The highest BCUT2D eigenvalue weighted by molar-refractivity contribution is 7.98. The van der Waals surface area contributed by atoms with Crippen LogP contribution < -0.4 is 5.32 Å². The summed E-state index contributed by atoms with van der Waals surface area (Å²) in [6.45, 7) is 4.97. The molecule has 0 aliphatic heterocycles. The van der Waals surface area contributed by atoms with E-state index in [-0.39, 0.29) is 0 Å². The number of methoxy groups -OCH3 is 1. The molecule has 108 valence electrons. The minimum Gasteiger partial charge on any atom is -0.383 e. The molecule has 0 heterocycles. The zero-order valence-corrected chi connectivity index (χ0v) is 13.3. The van der Waals surface area contributed by atoms with Gasteiger partial charge in [-0.25, -0.2) is 0 Å². The Hall–Kier alpha value is -0.510. The van der Waals surface area contributed by atoms with Crippen LogP contribution in [0.15, 0.2) is 24.3 Å². The van der Waals surface area contributed by atoms with Crippen LogP contribution in [0, 0.1) is 6.92 Å². The molecule has 0 saturated carbocycles. The van der Waals surface area contributed by atoms with E-state index in [0.717, 1.165) is 19.7 Å². The van der Waals surface area contributed by atoms with Crippen molar-refractivity contribution in [2.24, 2.45) is 0 Å². The van der Waals surface area contributed by atoms with E-state index >= 15 is 0 Å². The Labute approximate surface area is 122 Å². The van der Waals surface area contributed by atoms with Gasteiger partial charge in [-0.05, 0) is 48.8 Å². The van der Waals surface area contributed by atoms with Gasteiger partial charge in [0.1, 0.15) is 0 Å². The monoisotopic (exact) mass is 281 g/mol. The standard InChI is InChI=1S/C16H27NOS/c1-14-7-4-5-9-16(14)15(8-6-12-19-3)13-17-10-11-18-2/h4-5,7,9,15,17H,6,8,10-13H2,1-3H3. The Morgan fingerprint density at radius 2 is 2.11 bits per heavy atom. The van der Waals surface area contributed by atoms with Gasteiger partial charge in [-0.1, -0.05) is 24.3 Å². The van der Waals surface area contributed by atoms with Crippen molar-refractivity contribution in [2.75, 3.05) is 38.8 Å². The van der Waals surface area contributed by atoms with Crippen molar-refractivity contribution in [3.63, 3.8) is 0 Å². The average molecular weight is 281 g/mol. The molecule has 1 rings (SSSR count). The van der Waals surface area contributed by atoms with Crippen LogP contribution >= 0.6 is 11.8 Å². The minimum atomic E-state index is 0.616. The molecule has 0 amide bonds. The lowest BCUT2D eigenvalue weighted by atomic mass is 9.91. The van der Waals surface area contributed by atoms with E-state index in [2.05, 4.69) is 42.8 Å². The van der Waals surface area contributed by atoms with Gasteiger partial charge in [0.05, 0.1) is 6.61 Å². The molecule has 1 aromatic rings. The Kier molecular flexibility index (Phi) is 8.97. The lowest BCUT2D eigenvalue weighted by Crippen LogP contribution is -2.25. The minimum absolute atomic E-state index is 0.616. The molecule has 0 bridgehead atoms. The number of nitrogens with one attached hydrogen (secondary N) is 1. The highest BCUT2D eigenvalue weighted by Gasteiger charge is 2.12. The Balaban J connectivity index is 2.55. The second-order valence-electron chi connectivity index (χ2n) is 4.89. The molecule has 0 saturated heterocycles. The molecule has 2 nitrogen and oxygen atoms in total. The van der Waals surface area contributed by atoms with Gasteiger partial charge < -0.3 is 10.1 Å². The molecule has 0 aliphatic carbocycles. The number of benzene rings is 1. The largest absolute Gasteiger partial charge is 0.383 e. The molecule has 1 unspecified atom stereocenters. The number of thioether (sulfide) groups is 1. The van der Waals surface area contributed by atoms with E-state index in [9.17, 15) is 0 Å². The molecule has 0 spiro atoms. The summed E-state index contributed by atoms with van der Waals surface area (Å²) in [5.74, 6) is 1.87. The molecule has 0 aromatic heterocycles. The third-order valence-corrected chi connectivity index (χ3v) is 4.10. The fourth-order valence-electron chi connectivity index (χ4n) is 2.34. The molecular formula is C16H27NOS. The topological polar surface area (TPSA) is 21.3 Å².